The Morgan fingerprint density at radius 2 is 1.67 bits per heavy atom. The highest BCUT2D eigenvalue weighted by Crippen LogP contribution is 2.16. The molecule has 0 aliphatic heterocycles. The van der Waals surface area contributed by atoms with Gasteiger partial charge in [0.2, 0.25) is 0 Å². The minimum absolute atomic E-state index is 0.338. The lowest BCUT2D eigenvalue weighted by Crippen LogP contribution is -2.06. The first-order chi connectivity index (χ1) is 10.0. The number of amidine groups is 1. The van der Waals surface area contributed by atoms with Crippen LogP contribution in [0.5, 0.6) is 0 Å². The van der Waals surface area contributed by atoms with Crippen LogP contribution in [0.3, 0.4) is 0 Å². The van der Waals surface area contributed by atoms with Crippen LogP contribution in [0.2, 0.25) is 5.02 Å². The Bertz CT molecular complexity index is 625. The predicted molar refractivity (Wildman–Crippen MR) is 92.4 cm³/mol. The van der Waals surface area contributed by atoms with E-state index in [1.165, 1.54) is 5.56 Å². The summed E-state index contributed by atoms with van der Waals surface area (Å²) in [4.78, 5) is 0. The normalized spacial score (nSPS) is 11.0. The molecule has 2 N–H and O–H groups in total. The van der Waals surface area contributed by atoms with Crippen LogP contribution in [-0.4, -0.2) is 5.84 Å². The fourth-order valence-corrected chi connectivity index (χ4v) is 2.03. The van der Waals surface area contributed by atoms with E-state index < -0.39 is 0 Å². The van der Waals surface area contributed by atoms with Crippen molar-refractivity contribution >= 4 is 29.2 Å². The lowest BCUT2D eigenvalue weighted by Gasteiger charge is -2.05. The van der Waals surface area contributed by atoms with Gasteiger partial charge in [0.1, 0.15) is 5.84 Å². The predicted octanol–water partition coefficient (Wildman–Crippen LogP) is 5.57. The maximum atomic E-state index is 7.91. The molecule has 0 unspecified atom stereocenters. The average Bonchev–Trinajstić information content (AvgIpc) is 2.48. The van der Waals surface area contributed by atoms with Gasteiger partial charge in [-0.2, -0.15) is 0 Å². The molecule has 0 saturated heterocycles. The summed E-state index contributed by atoms with van der Waals surface area (Å²) in [6.07, 6.45) is 3.67. The van der Waals surface area contributed by atoms with Gasteiger partial charge in [0.05, 0.1) is 0 Å². The summed E-state index contributed by atoms with van der Waals surface area (Å²) >= 11 is 5.83. The first kappa shape index (κ1) is 15.3. The SMILES string of the molecule is CC(C)c1ccc(/C=C/C(=N)Nc2ccc(Cl)cc2)cc1. The van der Waals surface area contributed by atoms with Crippen LogP contribution in [0.25, 0.3) is 6.08 Å². The average molecular weight is 299 g/mol. The summed E-state index contributed by atoms with van der Waals surface area (Å²) in [6.45, 7) is 4.35. The highest BCUT2D eigenvalue weighted by atomic mass is 35.5. The fourth-order valence-electron chi connectivity index (χ4n) is 1.90. The molecule has 0 spiro atoms. The summed E-state index contributed by atoms with van der Waals surface area (Å²) < 4.78 is 0. The van der Waals surface area contributed by atoms with E-state index in [9.17, 15) is 0 Å². The molecule has 3 heteroatoms. The second kappa shape index (κ2) is 7.09. The molecule has 0 aliphatic carbocycles. The number of hydrogen-bond donors (Lipinski definition) is 2. The zero-order valence-corrected chi connectivity index (χ0v) is 13.0. The molecule has 0 fully saturated rings. The van der Waals surface area contributed by atoms with Crippen LogP contribution in [0.15, 0.2) is 54.6 Å². The summed E-state index contributed by atoms with van der Waals surface area (Å²) in [5, 5.41) is 11.6. The zero-order chi connectivity index (χ0) is 15.2. The van der Waals surface area contributed by atoms with Gasteiger partial charge in [-0.05, 0) is 47.4 Å². The molecule has 21 heavy (non-hydrogen) atoms. The maximum Gasteiger partial charge on any atom is 0.122 e. The smallest absolute Gasteiger partial charge is 0.122 e. The summed E-state index contributed by atoms with van der Waals surface area (Å²) in [5.74, 6) is 0.873. The van der Waals surface area contributed by atoms with Gasteiger partial charge in [0.15, 0.2) is 0 Å². The molecule has 0 atom stereocenters. The van der Waals surface area contributed by atoms with Gasteiger partial charge in [-0.1, -0.05) is 55.8 Å². The minimum atomic E-state index is 0.338. The molecular weight excluding hydrogens is 280 g/mol. The number of benzene rings is 2. The van der Waals surface area contributed by atoms with Crippen LogP contribution in [0.4, 0.5) is 5.69 Å². The fraction of sp³-hybridized carbons (Fsp3) is 0.167. The van der Waals surface area contributed by atoms with Gasteiger partial charge in [-0.25, -0.2) is 0 Å². The lowest BCUT2D eigenvalue weighted by molar-refractivity contribution is 0.866. The molecule has 2 rings (SSSR count). The number of rotatable bonds is 4. The van der Waals surface area contributed by atoms with E-state index >= 15 is 0 Å². The van der Waals surface area contributed by atoms with Crippen molar-refractivity contribution < 1.29 is 0 Å². The van der Waals surface area contributed by atoms with Gasteiger partial charge < -0.3 is 5.32 Å². The summed E-state index contributed by atoms with van der Waals surface area (Å²) in [6, 6.07) is 15.7. The zero-order valence-electron chi connectivity index (χ0n) is 12.2. The number of halogens is 1. The Morgan fingerprint density at radius 1 is 1.05 bits per heavy atom. The highest BCUT2D eigenvalue weighted by Gasteiger charge is 1.98. The molecule has 0 radical (unpaired) electrons. The van der Waals surface area contributed by atoms with Crippen LogP contribution < -0.4 is 5.32 Å². The Labute approximate surface area is 131 Å². The van der Waals surface area contributed by atoms with E-state index in [4.69, 9.17) is 17.0 Å². The highest BCUT2D eigenvalue weighted by molar-refractivity contribution is 6.30. The number of hydrogen-bond acceptors (Lipinski definition) is 1. The first-order valence-electron chi connectivity index (χ1n) is 6.94. The summed E-state index contributed by atoms with van der Waals surface area (Å²) in [5.41, 5.74) is 3.26. The molecule has 0 amide bonds. The van der Waals surface area contributed by atoms with Crippen molar-refractivity contribution in [2.24, 2.45) is 0 Å². The molecule has 108 valence electrons. The van der Waals surface area contributed by atoms with Crippen LogP contribution in [0.1, 0.15) is 30.9 Å². The molecule has 2 aromatic carbocycles. The van der Waals surface area contributed by atoms with Gasteiger partial charge in [0, 0.05) is 10.7 Å². The van der Waals surface area contributed by atoms with Crippen LogP contribution >= 0.6 is 11.6 Å². The van der Waals surface area contributed by atoms with Crippen LogP contribution in [0, 0.1) is 5.41 Å². The van der Waals surface area contributed by atoms with Gasteiger partial charge >= 0.3 is 0 Å². The van der Waals surface area contributed by atoms with Crippen molar-refractivity contribution in [3.05, 3.63) is 70.8 Å². The topological polar surface area (TPSA) is 35.9 Å². The monoisotopic (exact) mass is 298 g/mol. The lowest BCUT2D eigenvalue weighted by atomic mass is 10.0. The van der Waals surface area contributed by atoms with Crippen molar-refractivity contribution in [3.63, 3.8) is 0 Å². The van der Waals surface area contributed by atoms with E-state index in [0.29, 0.717) is 16.8 Å². The van der Waals surface area contributed by atoms with Crippen molar-refractivity contribution in [2.75, 3.05) is 5.32 Å². The van der Waals surface area contributed by atoms with E-state index in [1.807, 2.05) is 18.2 Å². The largest absolute Gasteiger partial charge is 0.341 e. The minimum Gasteiger partial charge on any atom is -0.341 e. The maximum absolute atomic E-state index is 7.91. The van der Waals surface area contributed by atoms with Crippen LogP contribution in [-0.2, 0) is 0 Å². The van der Waals surface area contributed by atoms with E-state index in [2.05, 4.69) is 43.4 Å². The molecule has 2 aromatic rings. The van der Waals surface area contributed by atoms with Gasteiger partial charge in [-0.15, -0.1) is 0 Å². The number of anilines is 1. The Hall–Kier alpha value is -2.06. The van der Waals surface area contributed by atoms with Crippen molar-refractivity contribution in [3.8, 4) is 0 Å². The molecule has 0 saturated carbocycles. The molecule has 0 aliphatic rings. The second-order valence-electron chi connectivity index (χ2n) is 5.20. The van der Waals surface area contributed by atoms with Gasteiger partial charge in [-0.3, -0.25) is 5.41 Å². The molecule has 2 nitrogen and oxygen atoms in total. The quantitative estimate of drug-likeness (QED) is 0.562. The summed E-state index contributed by atoms with van der Waals surface area (Å²) in [7, 11) is 0. The van der Waals surface area contributed by atoms with Crippen molar-refractivity contribution in [1.82, 2.24) is 0 Å². The van der Waals surface area contributed by atoms with E-state index in [1.54, 1.807) is 18.2 Å². The van der Waals surface area contributed by atoms with Crippen molar-refractivity contribution in [2.45, 2.75) is 19.8 Å². The molecular formula is C18H19ClN2. The molecule has 0 heterocycles. The standard InChI is InChI=1S/C18H19ClN2/c1-13(2)15-6-3-14(4-7-15)5-12-18(20)21-17-10-8-16(19)9-11-17/h3-13H,1-2H3,(H2,20,21)/b12-5+. The number of nitrogens with one attached hydrogen (secondary N) is 2. The Balaban J connectivity index is 1.96. The third kappa shape index (κ3) is 4.76. The first-order valence-corrected chi connectivity index (χ1v) is 7.31. The third-order valence-corrected chi connectivity index (χ3v) is 3.42. The van der Waals surface area contributed by atoms with E-state index in [0.717, 1.165) is 11.3 Å². The second-order valence-corrected chi connectivity index (χ2v) is 5.64. The van der Waals surface area contributed by atoms with Gasteiger partial charge in [0.25, 0.3) is 0 Å². The molecule has 0 bridgehead atoms. The van der Waals surface area contributed by atoms with Crippen molar-refractivity contribution in [1.29, 1.82) is 5.41 Å². The molecule has 0 aromatic heterocycles. The Kier molecular flexibility index (Phi) is 5.18. The van der Waals surface area contributed by atoms with E-state index in [-0.39, 0.29) is 0 Å². The Morgan fingerprint density at radius 3 is 2.24 bits per heavy atom. The third-order valence-electron chi connectivity index (χ3n) is 3.17.